The number of hydrogen-bond donors (Lipinski definition) is 3. The molecule has 0 aromatic carbocycles. The third-order valence-electron chi connectivity index (χ3n) is 0.614. The zero-order valence-corrected chi connectivity index (χ0v) is 5.23. The van der Waals surface area contributed by atoms with Crippen molar-refractivity contribution in [3.8, 4) is 0 Å². The van der Waals surface area contributed by atoms with Crippen LogP contribution in [0.3, 0.4) is 0 Å². The Morgan fingerprint density at radius 3 is 2.12 bits per heavy atom. The Kier molecular flexibility index (Phi) is 3.15. The minimum Gasteiger partial charge on any atom is -0.330 e. The van der Waals surface area contributed by atoms with E-state index in [-0.39, 0.29) is 5.75 Å². The minimum atomic E-state index is -3.52. The normalized spacial score (nSPS) is 11.9. The third kappa shape index (κ3) is 6.03. The highest BCUT2D eigenvalue weighted by molar-refractivity contribution is 7.92. The fourth-order valence-electron chi connectivity index (χ4n) is 0.271. The van der Waals surface area contributed by atoms with E-state index in [0.717, 1.165) is 0 Å². The Morgan fingerprint density at radius 2 is 2.00 bits per heavy atom. The van der Waals surface area contributed by atoms with E-state index in [0.29, 0.717) is 13.0 Å². The second-order valence-corrected chi connectivity index (χ2v) is 3.07. The van der Waals surface area contributed by atoms with E-state index in [1.165, 1.54) is 0 Å². The first-order valence-electron chi connectivity index (χ1n) is 2.23. The number of rotatable bonds is 3. The smallest absolute Gasteiger partial charge is 0.330 e. The fraction of sp³-hybridized carbons (Fsp3) is 1.00. The van der Waals surface area contributed by atoms with Gasteiger partial charge in [0.1, 0.15) is 0 Å². The van der Waals surface area contributed by atoms with Crippen molar-refractivity contribution in [1.29, 1.82) is 0 Å². The van der Waals surface area contributed by atoms with Gasteiger partial charge in [0.2, 0.25) is 0 Å². The number of nitrogens with two attached hydrogens (primary N) is 1. The molecule has 0 unspecified atom stereocenters. The SMILES string of the molecule is NCCC[S+](=O)(O)O. The van der Waals surface area contributed by atoms with Gasteiger partial charge in [-0.05, 0) is 10.8 Å². The van der Waals surface area contributed by atoms with Crippen molar-refractivity contribution in [2.24, 2.45) is 5.73 Å². The quantitative estimate of drug-likeness (QED) is 0.473. The van der Waals surface area contributed by atoms with Crippen LogP contribution in [0.15, 0.2) is 0 Å². The lowest BCUT2D eigenvalue weighted by atomic mass is 10.5. The van der Waals surface area contributed by atoms with Gasteiger partial charge in [0.05, 0.1) is 0 Å². The highest BCUT2D eigenvalue weighted by atomic mass is 32.3. The van der Waals surface area contributed by atoms with Crippen molar-refractivity contribution >= 4 is 10.5 Å². The average molecular weight is 140 g/mol. The van der Waals surface area contributed by atoms with Crippen LogP contribution in [0.5, 0.6) is 0 Å². The maximum absolute atomic E-state index is 10.0. The van der Waals surface area contributed by atoms with Crippen molar-refractivity contribution in [2.45, 2.75) is 6.42 Å². The van der Waals surface area contributed by atoms with E-state index in [1.54, 1.807) is 0 Å². The second kappa shape index (κ2) is 3.13. The summed E-state index contributed by atoms with van der Waals surface area (Å²) in [5, 5.41) is 0. The van der Waals surface area contributed by atoms with Gasteiger partial charge in [-0.15, -0.1) is 0 Å². The van der Waals surface area contributed by atoms with Gasteiger partial charge < -0.3 is 5.73 Å². The zero-order valence-electron chi connectivity index (χ0n) is 4.41. The molecule has 5 heteroatoms. The summed E-state index contributed by atoms with van der Waals surface area (Å²) in [5.41, 5.74) is 4.99. The predicted octanol–water partition coefficient (Wildman–Crippen LogP) is -0.219. The van der Waals surface area contributed by atoms with Crippen LogP contribution in [0.2, 0.25) is 0 Å². The Hall–Kier alpha value is 0.0300. The van der Waals surface area contributed by atoms with Gasteiger partial charge in [-0.1, -0.05) is 0 Å². The van der Waals surface area contributed by atoms with Gasteiger partial charge in [0.25, 0.3) is 0 Å². The molecule has 0 aliphatic carbocycles. The molecule has 0 saturated carbocycles. The molecule has 4 nitrogen and oxygen atoms in total. The molecule has 0 atom stereocenters. The molecule has 0 fully saturated rings. The summed E-state index contributed by atoms with van der Waals surface area (Å²) in [6.07, 6.45) is 0.381. The van der Waals surface area contributed by atoms with Crippen LogP contribution in [0.25, 0.3) is 0 Å². The summed E-state index contributed by atoms with van der Waals surface area (Å²) in [6.45, 7) is 0.331. The van der Waals surface area contributed by atoms with Crippen LogP contribution < -0.4 is 5.73 Å². The van der Waals surface area contributed by atoms with Crippen LogP contribution in [0.1, 0.15) is 6.42 Å². The van der Waals surface area contributed by atoms with Gasteiger partial charge in [0, 0.05) is 6.42 Å². The van der Waals surface area contributed by atoms with Crippen molar-refractivity contribution in [1.82, 2.24) is 0 Å². The lowest BCUT2D eigenvalue weighted by Gasteiger charge is -1.90. The molecule has 0 rings (SSSR count). The average Bonchev–Trinajstić information content (AvgIpc) is 1.59. The molecule has 0 saturated heterocycles. The van der Waals surface area contributed by atoms with Crippen LogP contribution in [0, 0.1) is 0 Å². The molecular formula is C3H10NO3S+. The first kappa shape index (κ1) is 8.03. The van der Waals surface area contributed by atoms with Gasteiger partial charge >= 0.3 is 10.5 Å². The summed E-state index contributed by atoms with van der Waals surface area (Å²) in [5.74, 6) is -0.122. The van der Waals surface area contributed by atoms with Crippen molar-refractivity contribution < 1.29 is 13.3 Å². The van der Waals surface area contributed by atoms with Crippen LogP contribution >= 0.6 is 0 Å². The summed E-state index contributed by atoms with van der Waals surface area (Å²) in [7, 11) is -3.52. The summed E-state index contributed by atoms with van der Waals surface area (Å²) < 4.78 is 26.4. The predicted molar refractivity (Wildman–Crippen MR) is 31.8 cm³/mol. The molecule has 0 aliphatic rings. The highest BCUT2D eigenvalue weighted by Crippen LogP contribution is 1.92. The monoisotopic (exact) mass is 140 g/mol. The van der Waals surface area contributed by atoms with E-state index in [9.17, 15) is 4.21 Å². The first-order valence-corrected chi connectivity index (χ1v) is 3.87. The standard InChI is InChI=1S/C3H9NO3S/c4-2-1-3-8(5,6)7/h1-4H2,(H-,5,6,7)/p+1. The van der Waals surface area contributed by atoms with Crippen LogP contribution in [0.4, 0.5) is 0 Å². The molecule has 0 aromatic heterocycles. The molecule has 0 bridgehead atoms. The summed E-state index contributed by atoms with van der Waals surface area (Å²) >= 11 is 0. The summed E-state index contributed by atoms with van der Waals surface area (Å²) in [4.78, 5) is 0. The summed E-state index contributed by atoms with van der Waals surface area (Å²) in [6, 6.07) is 0. The molecule has 0 spiro atoms. The van der Waals surface area contributed by atoms with Crippen LogP contribution in [-0.4, -0.2) is 21.4 Å². The Labute approximate surface area is 49.2 Å². The fourth-order valence-corrected chi connectivity index (χ4v) is 0.814. The molecular weight excluding hydrogens is 130 g/mol. The molecule has 0 radical (unpaired) electrons. The largest absolute Gasteiger partial charge is 0.350 e. The van der Waals surface area contributed by atoms with E-state index in [1.807, 2.05) is 0 Å². The Morgan fingerprint density at radius 1 is 1.50 bits per heavy atom. The van der Waals surface area contributed by atoms with Crippen LogP contribution in [-0.2, 0) is 14.7 Å². The van der Waals surface area contributed by atoms with E-state index >= 15 is 0 Å². The molecule has 0 aromatic rings. The van der Waals surface area contributed by atoms with Gasteiger partial charge in [-0.2, -0.15) is 9.11 Å². The van der Waals surface area contributed by atoms with Gasteiger partial charge in [-0.3, -0.25) is 0 Å². The second-order valence-electron chi connectivity index (χ2n) is 1.45. The van der Waals surface area contributed by atoms with Gasteiger partial charge in [0.15, 0.2) is 5.75 Å². The Bertz CT molecular complexity index is 98.7. The van der Waals surface area contributed by atoms with E-state index < -0.39 is 10.5 Å². The molecule has 0 heterocycles. The van der Waals surface area contributed by atoms with E-state index in [4.69, 9.17) is 14.8 Å². The molecule has 0 amide bonds. The molecule has 0 aliphatic heterocycles. The zero-order chi connectivity index (χ0) is 6.62. The van der Waals surface area contributed by atoms with E-state index in [2.05, 4.69) is 0 Å². The lowest BCUT2D eigenvalue weighted by molar-refractivity contribution is 0.398. The third-order valence-corrected chi connectivity index (χ3v) is 1.43. The van der Waals surface area contributed by atoms with Crippen molar-refractivity contribution in [2.75, 3.05) is 12.3 Å². The number of hydrogen-bond acceptors (Lipinski definition) is 2. The lowest BCUT2D eigenvalue weighted by Crippen LogP contribution is -2.15. The van der Waals surface area contributed by atoms with Crippen molar-refractivity contribution in [3.05, 3.63) is 0 Å². The minimum absolute atomic E-state index is 0.122. The van der Waals surface area contributed by atoms with Gasteiger partial charge in [-0.25, -0.2) is 0 Å². The topological polar surface area (TPSA) is 83.6 Å². The first-order chi connectivity index (χ1) is 3.56. The maximum Gasteiger partial charge on any atom is 0.350 e. The molecule has 4 N–H and O–H groups in total. The molecule has 8 heavy (non-hydrogen) atoms. The molecule has 50 valence electrons. The van der Waals surface area contributed by atoms with Crippen molar-refractivity contribution in [3.63, 3.8) is 0 Å². The maximum atomic E-state index is 10.0. The highest BCUT2D eigenvalue weighted by Gasteiger charge is 2.17. The Balaban J connectivity index is 3.26.